The van der Waals surface area contributed by atoms with Crippen LogP contribution in [-0.2, 0) is 19.1 Å². The number of hydrogen-bond donors (Lipinski definition) is 1. The van der Waals surface area contributed by atoms with Crippen molar-refractivity contribution in [3.8, 4) is 0 Å². The summed E-state index contributed by atoms with van der Waals surface area (Å²) in [7, 11) is 0. The molecule has 6 nitrogen and oxygen atoms in total. The molecular weight excluding hydrogens is 382 g/mol. The molecule has 0 spiro atoms. The van der Waals surface area contributed by atoms with E-state index in [0.717, 1.165) is 17.7 Å². The molecule has 0 aromatic heterocycles. The summed E-state index contributed by atoms with van der Waals surface area (Å²) in [6.07, 6.45) is 0.00418. The fraction of sp³-hybridized carbons (Fsp3) is 0.286. The van der Waals surface area contributed by atoms with Crippen LogP contribution in [0.15, 0.2) is 48.5 Å². The number of esters is 1. The van der Waals surface area contributed by atoms with Crippen molar-refractivity contribution < 1.29 is 27.9 Å². The van der Waals surface area contributed by atoms with Crippen LogP contribution in [0.4, 0.5) is 14.5 Å². The van der Waals surface area contributed by atoms with Gasteiger partial charge < -0.3 is 15.0 Å². The van der Waals surface area contributed by atoms with E-state index in [4.69, 9.17) is 4.74 Å². The van der Waals surface area contributed by atoms with Crippen LogP contribution in [0.1, 0.15) is 24.9 Å². The maximum atomic E-state index is 13.6. The molecule has 0 unspecified atom stereocenters. The summed E-state index contributed by atoms with van der Waals surface area (Å²) < 4.78 is 31.4. The maximum absolute atomic E-state index is 13.6. The van der Waals surface area contributed by atoms with Gasteiger partial charge in [0, 0.05) is 19.0 Å². The van der Waals surface area contributed by atoms with Crippen molar-refractivity contribution in [3.05, 3.63) is 65.7 Å². The highest BCUT2D eigenvalue weighted by Crippen LogP contribution is 2.29. The minimum Gasteiger partial charge on any atom is -0.455 e. The molecule has 1 aliphatic heterocycles. The highest BCUT2D eigenvalue weighted by Gasteiger charge is 2.38. The van der Waals surface area contributed by atoms with Gasteiger partial charge in [0.15, 0.2) is 6.61 Å². The van der Waals surface area contributed by atoms with Crippen LogP contribution in [0.2, 0.25) is 0 Å². The lowest BCUT2D eigenvalue weighted by Gasteiger charge is -2.25. The van der Waals surface area contributed by atoms with E-state index in [0.29, 0.717) is 6.07 Å². The molecule has 1 fully saturated rings. The molecule has 0 radical (unpaired) electrons. The number of rotatable bonds is 6. The smallest absolute Gasteiger partial charge is 0.311 e. The second-order valence-corrected chi connectivity index (χ2v) is 6.81. The minimum absolute atomic E-state index is 0.00418. The van der Waals surface area contributed by atoms with Crippen molar-refractivity contribution >= 4 is 23.5 Å². The zero-order valence-corrected chi connectivity index (χ0v) is 15.7. The largest absolute Gasteiger partial charge is 0.455 e. The number of hydrogen-bond acceptors (Lipinski definition) is 4. The molecule has 29 heavy (non-hydrogen) atoms. The Bertz CT molecular complexity index is 920. The number of ether oxygens (including phenoxy) is 1. The van der Waals surface area contributed by atoms with Gasteiger partial charge in [-0.25, -0.2) is 8.78 Å². The highest BCUT2D eigenvalue weighted by molar-refractivity contribution is 5.93. The van der Waals surface area contributed by atoms with E-state index in [9.17, 15) is 23.2 Å². The van der Waals surface area contributed by atoms with Crippen molar-refractivity contribution in [1.29, 1.82) is 0 Å². The average molecular weight is 402 g/mol. The van der Waals surface area contributed by atoms with Gasteiger partial charge in [-0.1, -0.05) is 30.3 Å². The van der Waals surface area contributed by atoms with E-state index >= 15 is 0 Å². The highest BCUT2D eigenvalue weighted by atomic mass is 19.1. The van der Waals surface area contributed by atoms with E-state index in [1.807, 2.05) is 37.3 Å². The maximum Gasteiger partial charge on any atom is 0.311 e. The molecule has 1 heterocycles. The Labute approximate surface area is 166 Å². The first-order valence-electron chi connectivity index (χ1n) is 9.11. The molecule has 0 bridgehead atoms. The Morgan fingerprint density at radius 1 is 1.21 bits per heavy atom. The third-order valence-corrected chi connectivity index (χ3v) is 4.79. The number of likely N-dealkylation sites (tertiary alicyclic amines) is 1. The van der Waals surface area contributed by atoms with Gasteiger partial charge in [0.2, 0.25) is 5.91 Å². The normalized spacial score (nSPS) is 17.1. The van der Waals surface area contributed by atoms with E-state index < -0.39 is 36.0 Å². The van der Waals surface area contributed by atoms with Crippen LogP contribution in [0.5, 0.6) is 0 Å². The third-order valence-electron chi connectivity index (χ3n) is 4.79. The monoisotopic (exact) mass is 402 g/mol. The number of amides is 2. The summed E-state index contributed by atoms with van der Waals surface area (Å²) in [5, 5.41) is 2.21. The number of carbonyl (C=O) groups is 3. The second kappa shape index (κ2) is 8.81. The van der Waals surface area contributed by atoms with E-state index in [2.05, 4.69) is 5.32 Å². The summed E-state index contributed by atoms with van der Waals surface area (Å²) in [6.45, 7) is 1.45. The molecule has 1 aliphatic rings. The Hall–Kier alpha value is -3.29. The standard InChI is InChI=1S/C21H20F2N2O4/c1-13(14-5-3-2-4-6-14)25-11-15(9-20(25)27)21(28)29-12-19(26)24-18-8-7-16(22)10-17(18)23/h2-8,10,13,15H,9,11-12H2,1H3,(H,24,26)/t13-,15+/m0/s1. The number of nitrogens with one attached hydrogen (secondary N) is 1. The van der Waals surface area contributed by atoms with Gasteiger partial charge in [-0.15, -0.1) is 0 Å². The predicted octanol–water partition coefficient (Wildman–Crippen LogP) is 3.06. The Balaban J connectivity index is 1.52. The van der Waals surface area contributed by atoms with Crippen LogP contribution < -0.4 is 5.32 Å². The van der Waals surface area contributed by atoms with Gasteiger partial charge in [-0.05, 0) is 24.6 Å². The Morgan fingerprint density at radius 3 is 2.62 bits per heavy atom. The van der Waals surface area contributed by atoms with Gasteiger partial charge in [-0.2, -0.15) is 0 Å². The molecule has 3 rings (SSSR count). The number of anilines is 1. The lowest BCUT2D eigenvalue weighted by Crippen LogP contribution is -2.30. The topological polar surface area (TPSA) is 75.7 Å². The van der Waals surface area contributed by atoms with E-state index in [1.165, 1.54) is 0 Å². The molecule has 8 heteroatoms. The van der Waals surface area contributed by atoms with Gasteiger partial charge in [0.25, 0.3) is 5.91 Å². The SMILES string of the molecule is C[C@@H](c1ccccc1)N1C[C@H](C(=O)OCC(=O)Nc2ccc(F)cc2F)CC1=O. The van der Waals surface area contributed by atoms with Crippen LogP contribution in [0.25, 0.3) is 0 Å². The van der Waals surface area contributed by atoms with Crippen LogP contribution in [0, 0.1) is 17.6 Å². The quantitative estimate of drug-likeness (QED) is 0.754. The lowest BCUT2D eigenvalue weighted by molar-refractivity contribution is -0.151. The van der Waals surface area contributed by atoms with Gasteiger partial charge in [0.05, 0.1) is 17.6 Å². The van der Waals surface area contributed by atoms with Crippen LogP contribution in [-0.4, -0.2) is 35.8 Å². The molecule has 0 aliphatic carbocycles. The number of benzene rings is 2. The number of nitrogens with zero attached hydrogens (tertiary/aromatic N) is 1. The molecule has 0 saturated carbocycles. The molecule has 1 saturated heterocycles. The summed E-state index contributed by atoms with van der Waals surface area (Å²) >= 11 is 0. The number of halogens is 2. The molecule has 2 aromatic rings. The molecule has 2 atom stereocenters. The lowest BCUT2D eigenvalue weighted by atomic mass is 10.1. The van der Waals surface area contributed by atoms with Gasteiger partial charge >= 0.3 is 5.97 Å². The second-order valence-electron chi connectivity index (χ2n) is 6.81. The zero-order chi connectivity index (χ0) is 21.0. The Kier molecular flexibility index (Phi) is 6.21. The first-order chi connectivity index (χ1) is 13.8. The molecule has 152 valence electrons. The summed E-state index contributed by atoms with van der Waals surface area (Å²) in [6, 6.07) is 12.0. The fourth-order valence-electron chi connectivity index (χ4n) is 3.21. The molecule has 2 aromatic carbocycles. The van der Waals surface area contributed by atoms with Gasteiger partial charge in [0.1, 0.15) is 11.6 Å². The zero-order valence-electron chi connectivity index (χ0n) is 15.7. The van der Waals surface area contributed by atoms with Crippen molar-refractivity contribution in [2.24, 2.45) is 5.92 Å². The predicted molar refractivity (Wildman–Crippen MR) is 101 cm³/mol. The van der Waals surface area contributed by atoms with Crippen LogP contribution >= 0.6 is 0 Å². The number of carbonyl (C=O) groups excluding carboxylic acids is 3. The third kappa shape index (κ3) is 4.96. The minimum atomic E-state index is -0.934. The van der Waals surface area contributed by atoms with E-state index in [-0.39, 0.29) is 30.6 Å². The summed E-state index contributed by atoms with van der Waals surface area (Å²) in [5.74, 6) is -3.98. The first kappa shape index (κ1) is 20.4. The first-order valence-corrected chi connectivity index (χ1v) is 9.11. The van der Waals surface area contributed by atoms with Crippen molar-refractivity contribution in [2.45, 2.75) is 19.4 Å². The molecular formula is C21H20F2N2O4. The molecule has 2 amide bonds. The van der Waals surface area contributed by atoms with E-state index in [1.54, 1.807) is 4.90 Å². The van der Waals surface area contributed by atoms with Crippen molar-refractivity contribution in [3.63, 3.8) is 0 Å². The summed E-state index contributed by atoms with van der Waals surface area (Å²) in [5.41, 5.74) is 0.738. The Morgan fingerprint density at radius 2 is 1.93 bits per heavy atom. The van der Waals surface area contributed by atoms with Crippen molar-refractivity contribution in [2.75, 3.05) is 18.5 Å². The van der Waals surface area contributed by atoms with Gasteiger partial charge in [-0.3, -0.25) is 14.4 Å². The van der Waals surface area contributed by atoms with Crippen LogP contribution in [0.3, 0.4) is 0 Å². The molecule has 1 N–H and O–H groups in total. The summed E-state index contributed by atoms with van der Waals surface area (Å²) in [4.78, 5) is 38.0. The fourth-order valence-corrected chi connectivity index (χ4v) is 3.21. The van der Waals surface area contributed by atoms with Crippen molar-refractivity contribution in [1.82, 2.24) is 4.90 Å². The average Bonchev–Trinajstić information content (AvgIpc) is 3.10.